The van der Waals surface area contributed by atoms with Gasteiger partial charge in [-0.1, -0.05) is 25.1 Å². The van der Waals surface area contributed by atoms with Crippen LogP contribution >= 0.6 is 0 Å². The molecule has 1 atom stereocenters. The highest BCUT2D eigenvalue weighted by Crippen LogP contribution is 2.36. The first-order valence-corrected chi connectivity index (χ1v) is 9.86. The van der Waals surface area contributed by atoms with E-state index in [0.29, 0.717) is 0 Å². The first kappa shape index (κ1) is 20.7. The summed E-state index contributed by atoms with van der Waals surface area (Å²) in [7, 11) is 3.58. The Morgan fingerprint density at radius 2 is 1.68 bits per heavy atom. The van der Waals surface area contributed by atoms with Crippen molar-refractivity contribution in [3.05, 3.63) is 47.7 Å². The van der Waals surface area contributed by atoms with Crippen LogP contribution in [0.25, 0.3) is 0 Å². The van der Waals surface area contributed by atoms with Gasteiger partial charge in [0.05, 0.1) is 11.2 Å². The lowest BCUT2D eigenvalue weighted by Crippen LogP contribution is -2.41. The van der Waals surface area contributed by atoms with Gasteiger partial charge in [-0.25, -0.2) is 0 Å². The van der Waals surface area contributed by atoms with E-state index in [1.54, 1.807) is 0 Å². The number of carbonyl (C=O) groups excluding carboxylic acids is 1. The second-order valence-electron chi connectivity index (χ2n) is 8.92. The zero-order valence-electron chi connectivity index (χ0n) is 18.0. The predicted molar refractivity (Wildman–Crippen MR) is 114 cm³/mol. The fraction of sp³-hybridized carbons (Fsp3) is 0.500. The second kappa shape index (κ2) is 7.41. The molecule has 3 rings (SSSR count). The molecule has 2 aliphatic rings. The molecular formula is C22H31BN2O3. The highest BCUT2D eigenvalue weighted by molar-refractivity contribution is 6.62. The van der Waals surface area contributed by atoms with Gasteiger partial charge in [-0.05, 0) is 63.7 Å². The Morgan fingerprint density at radius 1 is 1.11 bits per heavy atom. The molecule has 1 N–H and O–H groups in total. The van der Waals surface area contributed by atoms with Gasteiger partial charge in [0.15, 0.2) is 0 Å². The molecule has 1 fully saturated rings. The van der Waals surface area contributed by atoms with E-state index in [4.69, 9.17) is 9.31 Å². The van der Waals surface area contributed by atoms with E-state index >= 15 is 0 Å². The SMILES string of the molecule is CC1CC=C(N(C)C)C=C1C(=O)Nc1ccc(B2OC(C)(C)C(C)(C)O2)cc1. The fourth-order valence-electron chi connectivity index (χ4n) is 3.29. The van der Waals surface area contributed by atoms with Crippen LogP contribution in [0.15, 0.2) is 47.7 Å². The van der Waals surface area contributed by atoms with Gasteiger partial charge in [0.2, 0.25) is 0 Å². The van der Waals surface area contributed by atoms with E-state index < -0.39 is 7.12 Å². The van der Waals surface area contributed by atoms with Crippen LogP contribution in [0.1, 0.15) is 41.0 Å². The lowest BCUT2D eigenvalue weighted by molar-refractivity contribution is -0.113. The van der Waals surface area contributed by atoms with Crippen LogP contribution in [0.3, 0.4) is 0 Å². The van der Waals surface area contributed by atoms with Crippen molar-refractivity contribution in [3.8, 4) is 0 Å². The van der Waals surface area contributed by atoms with Crippen molar-refractivity contribution in [1.29, 1.82) is 0 Å². The van der Waals surface area contributed by atoms with Crippen molar-refractivity contribution in [2.75, 3.05) is 19.4 Å². The minimum Gasteiger partial charge on any atom is -0.399 e. The number of rotatable bonds is 4. The maximum atomic E-state index is 12.8. The molecule has 0 saturated carbocycles. The van der Waals surface area contributed by atoms with Gasteiger partial charge in [-0.15, -0.1) is 0 Å². The van der Waals surface area contributed by atoms with Crippen LogP contribution in [0.4, 0.5) is 5.69 Å². The van der Waals surface area contributed by atoms with Gasteiger partial charge in [0, 0.05) is 31.1 Å². The maximum Gasteiger partial charge on any atom is 0.494 e. The monoisotopic (exact) mass is 382 g/mol. The molecule has 0 aromatic heterocycles. The largest absolute Gasteiger partial charge is 0.494 e. The summed E-state index contributed by atoms with van der Waals surface area (Å²) in [6, 6.07) is 7.69. The first-order chi connectivity index (χ1) is 13.0. The Hall–Kier alpha value is -2.05. The van der Waals surface area contributed by atoms with Gasteiger partial charge in [0.25, 0.3) is 5.91 Å². The van der Waals surface area contributed by atoms with Crippen molar-refractivity contribution in [2.24, 2.45) is 5.92 Å². The Morgan fingerprint density at radius 3 is 2.21 bits per heavy atom. The normalized spacial score (nSPS) is 23.1. The summed E-state index contributed by atoms with van der Waals surface area (Å²) in [5.41, 5.74) is 2.84. The number of carbonyl (C=O) groups is 1. The summed E-state index contributed by atoms with van der Waals surface area (Å²) in [6.07, 6.45) is 5.01. The number of likely N-dealkylation sites (N-methyl/N-ethyl adjacent to an activating group) is 1. The summed E-state index contributed by atoms with van der Waals surface area (Å²) < 4.78 is 12.2. The zero-order valence-corrected chi connectivity index (χ0v) is 18.0. The quantitative estimate of drug-likeness (QED) is 0.812. The number of anilines is 1. The third kappa shape index (κ3) is 4.03. The van der Waals surface area contributed by atoms with Crippen LogP contribution in [0.2, 0.25) is 0 Å². The van der Waals surface area contributed by atoms with Crippen LogP contribution in [-0.4, -0.2) is 43.2 Å². The number of hydrogen-bond acceptors (Lipinski definition) is 4. The Labute approximate surface area is 168 Å². The van der Waals surface area contributed by atoms with Crippen molar-refractivity contribution < 1.29 is 14.1 Å². The molecule has 1 aliphatic carbocycles. The zero-order chi connectivity index (χ0) is 20.7. The highest BCUT2D eigenvalue weighted by Gasteiger charge is 2.51. The van der Waals surface area contributed by atoms with Crippen molar-refractivity contribution in [3.63, 3.8) is 0 Å². The van der Waals surface area contributed by atoms with E-state index in [-0.39, 0.29) is 23.0 Å². The van der Waals surface area contributed by atoms with Gasteiger partial charge in [-0.2, -0.15) is 0 Å². The van der Waals surface area contributed by atoms with E-state index in [1.165, 1.54) is 0 Å². The molecule has 28 heavy (non-hydrogen) atoms. The van der Waals surface area contributed by atoms with E-state index in [9.17, 15) is 4.79 Å². The van der Waals surface area contributed by atoms with Gasteiger partial charge in [-0.3, -0.25) is 4.79 Å². The molecule has 1 aliphatic heterocycles. The van der Waals surface area contributed by atoms with E-state index in [1.807, 2.05) is 77.0 Å². The average molecular weight is 382 g/mol. The van der Waals surface area contributed by atoms with E-state index in [0.717, 1.165) is 28.8 Å². The van der Waals surface area contributed by atoms with Crippen molar-refractivity contribution in [1.82, 2.24) is 4.90 Å². The van der Waals surface area contributed by atoms with Crippen LogP contribution < -0.4 is 10.8 Å². The number of nitrogens with zero attached hydrogens (tertiary/aromatic N) is 1. The van der Waals surface area contributed by atoms with Crippen molar-refractivity contribution in [2.45, 2.75) is 52.2 Å². The minimum atomic E-state index is -0.399. The van der Waals surface area contributed by atoms with Crippen LogP contribution in [-0.2, 0) is 14.1 Å². The topological polar surface area (TPSA) is 50.8 Å². The molecule has 1 aromatic carbocycles. The van der Waals surface area contributed by atoms with Crippen LogP contribution in [0.5, 0.6) is 0 Å². The number of benzene rings is 1. The van der Waals surface area contributed by atoms with Gasteiger partial charge >= 0.3 is 7.12 Å². The first-order valence-electron chi connectivity index (χ1n) is 9.86. The number of amides is 1. The molecular weight excluding hydrogens is 351 g/mol. The molecule has 1 unspecified atom stereocenters. The molecule has 0 radical (unpaired) electrons. The summed E-state index contributed by atoms with van der Waals surface area (Å²) in [4.78, 5) is 14.8. The summed E-state index contributed by atoms with van der Waals surface area (Å²) in [5, 5.41) is 3.02. The average Bonchev–Trinajstić information content (AvgIpc) is 2.83. The summed E-state index contributed by atoms with van der Waals surface area (Å²) in [5.74, 6) is 0.149. The predicted octanol–water partition coefficient (Wildman–Crippen LogP) is 3.34. The molecule has 5 nitrogen and oxygen atoms in total. The molecule has 0 spiro atoms. The van der Waals surface area contributed by atoms with Gasteiger partial charge < -0.3 is 19.5 Å². The molecule has 6 heteroatoms. The minimum absolute atomic E-state index is 0.0525. The van der Waals surface area contributed by atoms with E-state index in [2.05, 4.69) is 18.3 Å². The number of nitrogens with one attached hydrogen (secondary N) is 1. The molecule has 1 saturated heterocycles. The molecule has 1 amide bonds. The Kier molecular flexibility index (Phi) is 5.48. The van der Waals surface area contributed by atoms with Crippen molar-refractivity contribution >= 4 is 24.2 Å². The highest BCUT2D eigenvalue weighted by atomic mass is 16.7. The van der Waals surface area contributed by atoms with Crippen LogP contribution in [0, 0.1) is 5.92 Å². The maximum absolute atomic E-state index is 12.8. The summed E-state index contributed by atoms with van der Waals surface area (Å²) >= 11 is 0. The standard InChI is InChI=1S/C22H31BN2O3/c1-15-8-13-18(25(6)7)14-19(15)20(26)24-17-11-9-16(10-12-17)23-27-21(2,3)22(4,5)28-23/h9-15H,8H2,1-7H3,(H,24,26). The molecule has 150 valence electrons. The Bertz CT molecular complexity index is 794. The number of allylic oxidation sites excluding steroid dienone is 2. The summed E-state index contributed by atoms with van der Waals surface area (Å²) in [6.45, 7) is 10.2. The number of hydrogen-bond donors (Lipinski definition) is 1. The van der Waals surface area contributed by atoms with Gasteiger partial charge in [0.1, 0.15) is 0 Å². The smallest absolute Gasteiger partial charge is 0.399 e. The second-order valence-corrected chi connectivity index (χ2v) is 8.92. The third-order valence-electron chi connectivity index (χ3n) is 5.99. The third-order valence-corrected chi connectivity index (χ3v) is 5.99. The molecule has 0 bridgehead atoms. The lowest BCUT2D eigenvalue weighted by Gasteiger charge is -2.32. The fourth-order valence-corrected chi connectivity index (χ4v) is 3.29. The Balaban J connectivity index is 1.70. The molecule has 1 aromatic rings. The lowest BCUT2D eigenvalue weighted by atomic mass is 9.79. The molecule has 1 heterocycles.